The molecule has 1 rings (SSSR count). The lowest BCUT2D eigenvalue weighted by Gasteiger charge is -2.02. The summed E-state index contributed by atoms with van der Waals surface area (Å²) in [5, 5.41) is 6.55. The quantitative estimate of drug-likeness (QED) is 0.522. The molecule has 0 atom stereocenters. The fourth-order valence-electron chi connectivity index (χ4n) is 0.593. The zero-order valence-electron chi connectivity index (χ0n) is 5.34. The third-order valence-corrected chi connectivity index (χ3v) is 1.85. The summed E-state index contributed by atoms with van der Waals surface area (Å²) in [5.41, 5.74) is 0. The Labute approximate surface area is 75.3 Å². The monoisotopic (exact) mass is 216 g/mol. The second-order valence-corrected chi connectivity index (χ2v) is 2.67. The molecule has 0 bridgehead atoms. The maximum atomic E-state index is 12.6. The minimum atomic E-state index is -1.56. The minimum Gasteiger partial charge on any atom is -0.503 e. The first-order chi connectivity index (χ1) is 5.46. The lowest BCUT2D eigenvalue weighted by Crippen LogP contribution is -1.91. The number of rotatable bonds is 0. The van der Waals surface area contributed by atoms with Gasteiger partial charge in [-0.15, -0.1) is 0 Å². The van der Waals surface area contributed by atoms with Gasteiger partial charge in [-0.05, 0) is 0 Å². The van der Waals surface area contributed by atoms with Crippen molar-refractivity contribution in [2.75, 3.05) is 0 Å². The van der Waals surface area contributed by atoms with Gasteiger partial charge in [0.1, 0.15) is 10.0 Å². The smallest absolute Gasteiger partial charge is 0.191 e. The van der Waals surface area contributed by atoms with Crippen molar-refractivity contribution in [1.82, 2.24) is 0 Å². The number of phenols is 1. The summed E-state index contributed by atoms with van der Waals surface area (Å²) in [6, 6.07) is 0. The molecule has 6 heteroatoms. The van der Waals surface area contributed by atoms with Crippen LogP contribution in [0.5, 0.6) is 5.75 Å². The standard InChI is InChI=1S/C6HCl2F3O/c7-1-3(9)2(8)5(11)6(12)4(1)10/h12H. The first kappa shape index (κ1) is 9.48. The average molecular weight is 217 g/mol. The van der Waals surface area contributed by atoms with Gasteiger partial charge in [0, 0.05) is 0 Å². The number of benzene rings is 1. The summed E-state index contributed by atoms with van der Waals surface area (Å²) in [6.45, 7) is 0. The van der Waals surface area contributed by atoms with Crippen molar-refractivity contribution >= 4 is 23.2 Å². The molecule has 0 radical (unpaired) electrons. The third kappa shape index (κ3) is 1.21. The summed E-state index contributed by atoms with van der Waals surface area (Å²) in [7, 11) is 0. The number of phenolic OH excluding ortho intramolecular Hbond substituents is 1. The Hall–Kier alpha value is -0.610. The molecular formula is C6HCl2F3O. The lowest BCUT2D eigenvalue weighted by molar-refractivity contribution is 0.391. The van der Waals surface area contributed by atoms with Crippen LogP contribution in [0.1, 0.15) is 0 Å². The Morgan fingerprint density at radius 3 is 1.50 bits per heavy atom. The summed E-state index contributed by atoms with van der Waals surface area (Å²) in [6.07, 6.45) is 0. The molecule has 1 N–H and O–H groups in total. The molecule has 0 aliphatic heterocycles. The Kier molecular flexibility index (Phi) is 2.39. The van der Waals surface area contributed by atoms with Crippen LogP contribution in [0.2, 0.25) is 10.0 Å². The number of hydrogen-bond acceptors (Lipinski definition) is 1. The average Bonchev–Trinajstić information content (AvgIpc) is 2.08. The molecule has 1 aromatic rings. The molecule has 12 heavy (non-hydrogen) atoms. The van der Waals surface area contributed by atoms with Crippen molar-refractivity contribution in [2.45, 2.75) is 0 Å². The first-order valence-corrected chi connectivity index (χ1v) is 3.42. The normalized spacial score (nSPS) is 10.4. The van der Waals surface area contributed by atoms with Crippen molar-refractivity contribution in [3.05, 3.63) is 27.5 Å². The van der Waals surface area contributed by atoms with Crippen LogP contribution in [0.4, 0.5) is 13.2 Å². The molecule has 0 fully saturated rings. The Balaban J connectivity index is 3.60. The highest BCUT2D eigenvalue weighted by molar-refractivity contribution is 6.35. The molecule has 1 aromatic carbocycles. The van der Waals surface area contributed by atoms with Crippen LogP contribution >= 0.6 is 23.2 Å². The van der Waals surface area contributed by atoms with Crippen LogP contribution in [-0.4, -0.2) is 5.11 Å². The van der Waals surface area contributed by atoms with Crippen molar-refractivity contribution in [3.8, 4) is 5.75 Å². The maximum absolute atomic E-state index is 12.6. The minimum absolute atomic E-state index is 1.03. The van der Waals surface area contributed by atoms with Gasteiger partial charge in [-0.25, -0.2) is 13.2 Å². The molecule has 0 saturated heterocycles. The zero-order valence-corrected chi connectivity index (χ0v) is 6.85. The molecule has 0 aliphatic carbocycles. The van der Waals surface area contributed by atoms with E-state index in [9.17, 15) is 13.2 Å². The fourth-order valence-corrected chi connectivity index (χ4v) is 1.01. The van der Waals surface area contributed by atoms with Crippen LogP contribution < -0.4 is 0 Å². The van der Waals surface area contributed by atoms with Gasteiger partial charge in [0.25, 0.3) is 0 Å². The summed E-state index contributed by atoms with van der Waals surface area (Å²) < 4.78 is 37.6. The van der Waals surface area contributed by atoms with E-state index in [1.54, 1.807) is 0 Å². The lowest BCUT2D eigenvalue weighted by atomic mass is 10.3. The van der Waals surface area contributed by atoms with E-state index < -0.39 is 33.2 Å². The van der Waals surface area contributed by atoms with Crippen LogP contribution in [-0.2, 0) is 0 Å². The van der Waals surface area contributed by atoms with Crippen molar-refractivity contribution < 1.29 is 18.3 Å². The van der Waals surface area contributed by atoms with Gasteiger partial charge < -0.3 is 5.11 Å². The van der Waals surface area contributed by atoms with E-state index in [1.165, 1.54) is 0 Å². The summed E-state index contributed by atoms with van der Waals surface area (Å²) >= 11 is 10.00. The van der Waals surface area contributed by atoms with Gasteiger partial charge in [-0.3, -0.25) is 0 Å². The molecule has 0 amide bonds. The highest BCUT2D eigenvalue weighted by Crippen LogP contribution is 2.35. The number of aromatic hydroxyl groups is 1. The molecule has 0 spiro atoms. The summed E-state index contributed by atoms with van der Waals surface area (Å²) in [5.74, 6) is -5.93. The molecule has 0 aliphatic rings. The van der Waals surface area contributed by atoms with E-state index in [0.29, 0.717) is 0 Å². The predicted molar refractivity (Wildman–Crippen MR) is 38.0 cm³/mol. The fraction of sp³-hybridized carbons (Fsp3) is 0. The van der Waals surface area contributed by atoms with Gasteiger partial charge in [0.2, 0.25) is 0 Å². The molecule has 0 heterocycles. The van der Waals surface area contributed by atoms with Crippen molar-refractivity contribution in [2.24, 2.45) is 0 Å². The molecule has 1 nitrogen and oxygen atoms in total. The van der Waals surface area contributed by atoms with E-state index in [4.69, 9.17) is 28.3 Å². The van der Waals surface area contributed by atoms with Crippen molar-refractivity contribution in [3.63, 3.8) is 0 Å². The highest BCUT2D eigenvalue weighted by Gasteiger charge is 2.22. The van der Waals surface area contributed by atoms with E-state index in [-0.39, 0.29) is 0 Å². The second kappa shape index (κ2) is 3.03. The van der Waals surface area contributed by atoms with E-state index >= 15 is 0 Å². The van der Waals surface area contributed by atoms with Gasteiger partial charge in [0.05, 0.1) is 0 Å². The predicted octanol–water partition coefficient (Wildman–Crippen LogP) is 3.12. The summed E-state index contributed by atoms with van der Waals surface area (Å²) in [4.78, 5) is 0. The molecule has 0 aromatic heterocycles. The molecule has 66 valence electrons. The maximum Gasteiger partial charge on any atom is 0.191 e. The highest BCUT2D eigenvalue weighted by atomic mass is 35.5. The van der Waals surface area contributed by atoms with Gasteiger partial charge >= 0.3 is 0 Å². The first-order valence-electron chi connectivity index (χ1n) is 2.67. The molecular weight excluding hydrogens is 216 g/mol. The zero-order chi connectivity index (χ0) is 9.46. The van der Waals surface area contributed by atoms with Crippen LogP contribution in [0, 0.1) is 17.5 Å². The second-order valence-electron chi connectivity index (χ2n) is 1.92. The van der Waals surface area contributed by atoms with E-state index in [2.05, 4.69) is 0 Å². The Morgan fingerprint density at radius 1 is 0.833 bits per heavy atom. The van der Waals surface area contributed by atoms with E-state index in [1.807, 2.05) is 0 Å². The van der Waals surface area contributed by atoms with Gasteiger partial charge in [-0.2, -0.15) is 0 Å². The largest absolute Gasteiger partial charge is 0.503 e. The molecule has 0 unspecified atom stereocenters. The SMILES string of the molecule is Oc1c(F)c(Cl)c(F)c(Cl)c1F. The van der Waals surface area contributed by atoms with Crippen LogP contribution in [0.15, 0.2) is 0 Å². The molecule has 0 saturated carbocycles. The van der Waals surface area contributed by atoms with E-state index in [0.717, 1.165) is 0 Å². The Morgan fingerprint density at radius 2 is 1.17 bits per heavy atom. The van der Waals surface area contributed by atoms with Crippen molar-refractivity contribution in [1.29, 1.82) is 0 Å². The number of hydrogen-bond donors (Lipinski definition) is 1. The van der Waals surface area contributed by atoms with Crippen LogP contribution in [0.3, 0.4) is 0 Å². The van der Waals surface area contributed by atoms with Gasteiger partial charge in [-0.1, -0.05) is 23.2 Å². The third-order valence-electron chi connectivity index (χ3n) is 1.19. The number of halogens is 5. The Bertz CT molecular complexity index is 235. The van der Waals surface area contributed by atoms with Gasteiger partial charge in [0.15, 0.2) is 23.2 Å². The van der Waals surface area contributed by atoms with Crippen LogP contribution in [0.25, 0.3) is 0 Å². The topological polar surface area (TPSA) is 20.2 Å².